The first kappa shape index (κ1) is 18.7. The molecule has 0 aromatic heterocycles. The summed E-state index contributed by atoms with van der Waals surface area (Å²) < 4.78 is 5.06. The highest BCUT2D eigenvalue weighted by Crippen LogP contribution is 2.23. The second kappa shape index (κ2) is 7.97. The molecule has 25 heavy (non-hydrogen) atoms. The molecule has 2 aromatic carbocycles. The molecule has 4 nitrogen and oxygen atoms in total. The minimum atomic E-state index is -0.410. The summed E-state index contributed by atoms with van der Waals surface area (Å²) in [4.78, 5) is 23.8. The first-order valence-corrected chi connectivity index (χ1v) is 8.36. The van der Waals surface area contributed by atoms with Crippen LogP contribution in [-0.4, -0.2) is 18.5 Å². The smallest absolute Gasteiger partial charge is 0.310 e. The first-order chi connectivity index (χ1) is 11.8. The van der Waals surface area contributed by atoms with E-state index in [1.165, 1.54) is 5.56 Å². The molecule has 0 heterocycles. The Balaban J connectivity index is 1.82. The van der Waals surface area contributed by atoms with E-state index in [9.17, 15) is 9.59 Å². The number of benzene rings is 2. The van der Waals surface area contributed by atoms with E-state index in [0.29, 0.717) is 5.69 Å². The van der Waals surface area contributed by atoms with Crippen LogP contribution in [0.2, 0.25) is 0 Å². The van der Waals surface area contributed by atoms with E-state index in [1.54, 1.807) is 0 Å². The number of nitrogens with one attached hydrogen (secondary N) is 1. The van der Waals surface area contributed by atoms with E-state index in [4.69, 9.17) is 4.74 Å². The first-order valence-electron chi connectivity index (χ1n) is 8.36. The molecule has 0 saturated carbocycles. The molecule has 0 aliphatic carbocycles. The highest BCUT2D eigenvalue weighted by Gasteiger charge is 2.14. The van der Waals surface area contributed by atoms with Crippen molar-refractivity contribution in [1.82, 2.24) is 0 Å². The molecule has 0 spiro atoms. The van der Waals surface area contributed by atoms with Gasteiger partial charge >= 0.3 is 5.97 Å². The number of carbonyl (C=O) groups is 2. The maximum Gasteiger partial charge on any atom is 0.310 e. The van der Waals surface area contributed by atoms with Gasteiger partial charge in [0.05, 0.1) is 6.42 Å². The third kappa shape index (κ3) is 5.75. The molecule has 0 saturated heterocycles. The fraction of sp³-hybridized carbons (Fsp3) is 0.333. The molecule has 2 aromatic rings. The summed E-state index contributed by atoms with van der Waals surface area (Å²) in [5.74, 6) is -0.755. The minimum absolute atomic E-state index is 0.0631. The molecule has 1 N–H and O–H groups in total. The summed E-state index contributed by atoms with van der Waals surface area (Å²) in [6, 6.07) is 15.3. The van der Waals surface area contributed by atoms with Gasteiger partial charge in [-0.05, 0) is 41.2 Å². The molecular formula is C21H25NO3. The molecule has 0 bridgehead atoms. The maximum atomic E-state index is 11.9. The second-order valence-electron chi connectivity index (χ2n) is 7.14. The van der Waals surface area contributed by atoms with Crippen LogP contribution in [0.1, 0.15) is 37.5 Å². The normalized spacial score (nSPS) is 11.0. The van der Waals surface area contributed by atoms with Crippen LogP contribution >= 0.6 is 0 Å². The Bertz CT molecular complexity index is 742. The second-order valence-corrected chi connectivity index (χ2v) is 7.14. The van der Waals surface area contributed by atoms with Gasteiger partial charge in [0.15, 0.2) is 6.61 Å². The SMILES string of the molecule is Cc1ccccc1CC(=O)OCC(=O)Nc1ccc(C(C)(C)C)cc1. The van der Waals surface area contributed by atoms with Crippen LogP contribution in [0.15, 0.2) is 48.5 Å². The van der Waals surface area contributed by atoms with Crippen LogP contribution in [-0.2, 0) is 26.2 Å². The lowest BCUT2D eigenvalue weighted by atomic mass is 9.87. The molecule has 0 atom stereocenters. The molecule has 0 unspecified atom stereocenters. The molecule has 0 aliphatic heterocycles. The third-order valence-electron chi connectivity index (χ3n) is 3.99. The van der Waals surface area contributed by atoms with Crippen molar-refractivity contribution in [1.29, 1.82) is 0 Å². The van der Waals surface area contributed by atoms with Gasteiger partial charge in [-0.1, -0.05) is 57.2 Å². The fourth-order valence-electron chi connectivity index (χ4n) is 2.41. The van der Waals surface area contributed by atoms with Crippen molar-refractivity contribution in [2.24, 2.45) is 0 Å². The summed E-state index contributed by atoms with van der Waals surface area (Å²) >= 11 is 0. The lowest BCUT2D eigenvalue weighted by Crippen LogP contribution is -2.22. The molecule has 0 fully saturated rings. The lowest BCUT2D eigenvalue weighted by Gasteiger charge is -2.19. The predicted octanol–water partition coefficient (Wildman–Crippen LogP) is 4.02. The topological polar surface area (TPSA) is 55.4 Å². The van der Waals surface area contributed by atoms with Gasteiger partial charge in [-0.25, -0.2) is 0 Å². The average Bonchev–Trinajstić information content (AvgIpc) is 2.55. The Labute approximate surface area is 149 Å². The minimum Gasteiger partial charge on any atom is -0.455 e. The van der Waals surface area contributed by atoms with Gasteiger partial charge in [0.2, 0.25) is 0 Å². The van der Waals surface area contributed by atoms with Crippen molar-refractivity contribution in [2.75, 3.05) is 11.9 Å². The summed E-state index contributed by atoms with van der Waals surface area (Å²) in [5, 5.41) is 2.74. The molecule has 4 heteroatoms. The van der Waals surface area contributed by atoms with E-state index in [1.807, 2.05) is 55.5 Å². The van der Waals surface area contributed by atoms with Crippen LogP contribution in [0.5, 0.6) is 0 Å². The van der Waals surface area contributed by atoms with Crippen molar-refractivity contribution in [2.45, 2.75) is 39.5 Å². The van der Waals surface area contributed by atoms with Crippen molar-refractivity contribution >= 4 is 17.6 Å². The average molecular weight is 339 g/mol. The fourth-order valence-corrected chi connectivity index (χ4v) is 2.41. The number of anilines is 1. The molecule has 1 amide bonds. The molecular weight excluding hydrogens is 314 g/mol. The van der Waals surface area contributed by atoms with Crippen molar-refractivity contribution in [3.63, 3.8) is 0 Å². The van der Waals surface area contributed by atoms with Gasteiger partial charge in [-0.15, -0.1) is 0 Å². The zero-order valence-corrected chi connectivity index (χ0v) is 15.3. The zero-order chi connectivity index (χ0) is 18.4. The predicted molar refractivity (Wildman–Crippen MR) is 99.6 cm³/mol. The van der Waals surface area contributed by atoms with E-state index < -0.39 is 5.97 Å². The number of hydrogen-bond acceptors (Lipinski definition) is 3. The van der Waals surface area contributed by atoms with Crippen molar-refractivity contribution in [3.8, 4) is 0 Å². The highest BCUT2D eigenvalue weighted by molar-refractivity contribution is 5.92. The Morgan fingerprint density at radius 3 is 2.24 bits per heavy atom. The summed E-state index contributed by atoms with van der Waals surface area (Å²) in [7, 11) is 0. The van der Waals surface area contributed by atoms with Crippen molar-refractivity contribution < 1.29 is 14.3 Å². The van der Waals surface area contributed by atoms with Gasteiger partial charge in [0, 0.05) is 5.69 Å². The Morgan fingerprint density at radius 1 is 1.00 bits per heavy atom. The maximum absolute atomic E-state index is 11.9. The monoisotopic (exact) mass is 339 g/mol. The van der Waals surface area contributed by atoms with Crippen LogP contribution in [0.3, 0.4) is 0 Å². The van der Waals surface area contributed by atoms with Crippen LogP contribution < -0.4 is 5.32 Å². The number of carbonyl (C=O) groups excluding carboxylic acids is 2. The van der Waals surface area contributed by atoms with Gasteiger partial charge < -0.3 is 10.1 Å². The molecule has 132 valence electrons. The summed E-state index contributed by atoms with van der Waals surface area (Å²) in [5.41, 5.74) is 3.88. The number of ether oxygens (including phenoxy) is 1. The largest absolute Gasteiger partial charge is 0.455 e. The number of aryl methyl sites for hydroxylation is 1. The number of amides is 1. The quantitative estimate of drug-likeness (QED) is 0.837. The Kier molecular flexibility index (Phi) is 5.97. The number of esters is 1. The van der Waals surface area contributed by atoms with Gasteiger partial charge in [0.25, 0.3) is 5.91 Å². The van der Waals surface area contributed by atoms with E-state index >= 15 is 0 Å². The number of hydrogen-bond donors (Lipinski definition) is 1. The Hall–Kier alpha value is -2.62. The number of rotatable bonds is 5. The standard InChI is InChI=1S/C21H25NO3/c1-15-7-5-6-8-16(15)13-20(24)25-14-19(23)22-18-11-9-17(10-12-18)21(2,3)4/h5-12H,13-14H2,1-4H3,(H,22,23). The van der Waals surface area contributed by atoms with E-state index in [-0.39, 0.29) is 24.3 Å². The summed E-state index contributed by atoms with van der Waals surface area (Å²) in [6.07, 6.45) is 0.167. The van der Waals surface area contributed by atoms with Crippen molar-refractivity contribution in [3.05, 3.63) is 65.2 Å². The van der Waals surface area contributed by atoms with E-state index in [0.717, 1.165) is 11.1 Å². The van der Waals surface area contributed by atoms with Gasteiger partial charge in [-0.2, -0.15) is 0 Å². The Morgan fingerprint density at radius 2 is 1.64 bits per heavy atom. The van der Waals surface area contributed by atoms with Gasteiger partial charge in [-0.3, -0.25) is 9.59 Å². The highest BCUT2D eigenvalue weighted by atomic mass is 16.5. The molecule has 2 rings (SSSR count). The van der Waals surface area contributed by atoms with E-state index in [2.05, 4.69) is 26.1 Å². The van der Waals surface area contributed by atoms with Gasteiger partial charge in [0.1, 0.15) is 0 Å². The zero-order valence-electron chi connectivity index (χ0n) is 15.3. The molecule has 0 aliphatic rings. The van der Waals surface area contributed by atoms with Crippen LogP contribution in [0, 0.1) is 6.92 Å². The van der Waals surface area contributed by atoms with Crippen LogP contribution in [0.25, 0.3) is 0 Å². The molecule has 0 radical (unpaired) electrons. The van der Waals surface area contributed by atoms with Crippen LogP contribution in [0.4, 0.5) is 5.69 Å². The lowest BCUT2D eigenvalue weighted by molar-refractivity contribution is -0.146. The summed E-state index contributed by atoms with van der Waals surface area (Å²) in [6.45, 7) is 8.06. The third-order valence-corrected chi connectivity index (χ3v) is 3.99.